The van der Waals surface area contributed by atoms with Gasteiger partial charge in [0.1, 0.15) is 52.0 Å². The lowest BCUT2D eigenvalue weighted by Crippen LogP contribution is -2.64. The van der Waals surface area contributed by atoms with E-state index >= 15 is 0 Å². The Bertz CT molecular complexity index is 3160. The van der Waals surface area contributed by atoms with Crippen molar-refractivity contribution < 1.29 is 102 Å². The van der Waals surface area contributed by atoms with Gasteiger partial charge in [0, 0.05) is 81.6 Å². The molecular formula is C61H85N10O20S2+. The predicted octanol–water partition coefficient (Wildman–Crippen LogP) is -0.0386. The zero-order chi connectivity index (χ0) is 67.7. The summed E-state index contributed by atoms with van der Waals surface area (Å²) in [6, 6.07) is 6.20. The van der Waals surface area contributed by atoms with Crippen LogP contribution in [0.25, 0.3) is 21.1 Å². The van der Waals surface area contributed by atoms with Gasteiger partial charge < -0.3 is 90.3 Å². The molecule has 4 aromatic rings. The van der Waals surface area contributed by atoms with Gasteiger partial charge in [-0.25, -0.2) is 5.26 Å². The highest BCUT2D eigenvalue weighted by molar-refractivity contribution is 7.90. The number of fused-ring (bicyclic) bond motifs is 2. The Balaban J connectivity index is 1.16. The monoisotopic (exact) mass is 1340 g/mol. The number of aromatic hydroxyl groups is 1. The van der Waals surface area contributed by atoms with Gasteiger partial charge in [-0.15, -0.1) is 10.2 Å². The Labute approximate surface area is 545 Å². The minimum absolute atomic E-state index is 0.0263. The first-order valence-corrected chi connectivity index (χ1v) is 32.0. The fourth-order valence-corrected chi connectivity index (χ4v) is 12.1. The van der Waals surface area contributed by atoms with Crippen LogP contribution in [0.1, 0.15) is 81.1 Å². The number of hydrogen-bond acceptors (Lipinski definition) is 24. The van der Waals surface area contributed by atoms with Crippen LogP contribution >= 0.6 is 23.7 Å². The first-order valence-electron chi connectivity index (χ1n) is 30.6. The van der Waals surface area contributed by atoms with Gasteiger partial charge in [0.05, 0.1) is 70.9 Å². The number of carbonyl (C=O) groups excluding carboxylic acids is 7. The summed E-state index contributed by atoms with van der Waals surface area (Å²) in [5, 5.41) is 114. The Kier molecular flexibility index (Phi) is 27.0. The molecule has 0 radical (unpaired) electrons. The lowest BCUT2D eigenvalue weighted by atomic mass is 9.98. The Morgan fingerprint density at radius 2 is 1.38 bits per heavy atom. The Morgan fingerprint density at radius 3 is 2.02 bits per heavy atom. The molecule has 13 N–H and O–H groups in total. The van der Waals surface area contributed by atoms with E-state index in [2.05, 4.69) is 46.2 Å². The van der Waals surface area contributed by atoms with Crippen molar-refractivity contribution in [1.82, 2.24) is 46.6 Å². The van der Waals surface area contributed by atoms with Crippen molar-refractivity contribution in [2.24, 2.45) is 5.92 Å². The highest BCUT2D eigenvalue weighted by Gasteiger charge is 2.50. The van der Waals surface area contributed by atoms with Crippen LogP contribution < -0.4 is 35.5 Å². The fraction of sp³-hybridized carbons (Fsp3) is 0.557. The van der Waals surface area contributed by atoms with Gasteiger partial charge in [0.15, 0.2) is 11.5 Å². The van der Waals surface area contributed by atoms with Crippen LogP contribution in [0.15, 0.2) is 66.7 Å². The quantitative estimate of drug-likeness (QED) is 0.0136. The molecule has 0 bridgehead atoms. The van der Waals surface area contributed by atoms with Crippen molar-refractivity contribution in [3.63, 3.8) is 0 Å². The molecule has 0 spiro atoms. The third kappa shape index (κ3) is 20.4. The van der Waals surface area contributed by atoms with Crippen molar-refractivity contribution in [3.05, 3.63) is 77.9 Å². The summed E-state index contributed by atoms with van der Waals surface area (Å²) in [6.45, 7) is 2.74. The summed E-state index contributed by atoms with van der Waals surface area (Å²) < 4.78 is 20.7. The minimum atomic E-state index is -2.09. The second kappa shape index (κ2) is 34.3. The van der Waals surface area contributed by atoms with Crippen LogP contribution in [0.2, 0.25) is 0 Å². The van der Waals surface area contributed by atoms with Crippen LogP contribution in [-0.2, 0) is 49.3 Å². The highest BCUT2D eigenvalue weighted by Crippen LogP contribution is 2.33. The molecule has 0 unspecified atom stereocenters. The number of nitrogens with one attached hydrogen (secondary N) is 5. The first kappa shape index (κ1) is 73.2. The van der Waals surface area contributed by atoms with Gasteiger partial charge in [-0.1, -0.05) is 65.1 Å². The fourth-order valence-electron chi connectivity index (χ4n) is 11.0. The number of phenolic OH excluding ortho intramolecular Hbond substituents is 1. The van der Waals surface area contributed by atoms with Crippen molar-refractivity contribution in [1.29, 1.82) is 0 Å². The number of methoxy groups -OCH3 is 1. The highest BCUT2D eigenvalue weighted by atomic mass is 32.2. The predicted molar refractivity (Wildman–Crippen MR) is 335 cm³/mol. The molecule has 3 fully saturated rings. The average Bonchev–Trinajstić information content (AvgIpc) is 1.72. The van der Waals surface area contributed by atoms with Gasteiger partial charge >= 0.3 is 0 Å². The van der Waals surface area contributed by atoms with Gasteiger partial charge in [-0.05, 0) is 73.9 Å². The number of hydrogen-bond donors (Lipinski definition) is 13. The molecule has 3 aliphatic rings. The van der Waals surface area contributed by atoms with E-state index in [0.29, 0.717) is 22.2 Å². The van der Waals surface area contributed by atoms with Gasteiger partial charge in [0.25, 0.3) is 18.2 Å². The molecule has 7 amide bonds. The lowest BCUT2D eigenvalue weighted by molar-refractivity contribution is -0.870. The summed E-state index contributed by atoms with van der Waals surface area (Å²) in [4.78, 5) is 104. The molecule has 4 heterocycles. The number of rotatable bonds is 25. The summed E-state index contributed by atoms with van der Waals surface area (Å²) in [6.07, 6.45) is -6.67. The van der Waals surface area contributed by atoms with Crippen LogP contribution in [0.4, 0.5) is 0 Å². The zero-order valence-electron chi connectivity index (χ0n) is 52.5. The third-order valence-corrected chi connectivity index (χ3v) is 17.6. The maximum absolute atomic E-state index is 15.0. The second-order valence-electron chi connectivity index (χ2n) is 24.5. The number of amides is 7. The molecule has 13 atom stereocenters. The summed E-state index contributed by atoms with van der Waals surface area (Å²) in [5.41, 5.74) is 1.57. The van der Waals surface area contributed by atoms with E-state index in [1.54, 1.807) is 47.3 Å². The molecule has 30 nitrogen and oxygen atoms in total. The molecule has 3 aliphatic heterocycles. The van der Waals surface area contributed by atoms with E-state index < -0.39 is 158 Å². The van der Waals surface area contributed by atoms with Crippen LogP contribution in [-0.4, -0.2) is 247 Å². The number of aliphatic hydroxyl groups excluding tert-OH is 6. The normalized spacial score (nSPS) is 24.7. The van der Waals surface area contributed by atoms with E-state index in [1.165, 1.54) is 35.6 Å². The number of ether oxygens (including phenoxy) is 2. The summed E-state index contributed by atoms with van der Waals surface area (Å²) in [5.74, 6) is -8.43. The number of aliphatic hydroxyl groups is 6. The number of nitrogens with zero attached hydrogens (tertiary/aromatic N) is 5. The molecule has 0 saturated carbocycles. The molecule has 510 valence electrons. The van der Waals surface area contributed by atoms with E-state index in [-0.39, 0.29) is 53.2 Å². The summed E-state index contributed by atoms with van der Waals surface area (Å²) in [7, 11) is 7.09. The lowest BCUT2D eigenvalue weighted by Gasteiger charge is -2.34. The number of carbonyl (C=O) groups is 7. The van der Waals surface area contributed by atoms with Gasteiger partial charge in [-0.3, -0.25) is 33.6 Å². The van der Waals surface area contributed by atoms with Gasteiger partial charge in [-0.2, -0.15) is 0 Å². The van der Waals surface area contributed by atoms with E-state index in [4.69, 9.17) is 18.9 Å². The van der Waals surface area contributed by atoms with E-state index in [1.807, 2.05) is 24.3 Å². The Morgan fingerprint density at radius 1 is 0.753 bits per heavy atom. The minimum Gasteiger partial charge on any atom is -0.504 e. The molecule has 3 saturated heterocycles. The molecule has 0 aliphatic carbocycles. The largest absolute Gasteiger partial charge is 0.504 e. The average molecular weight is 1340 g/mol. The topological polar surface area (TPSA) is 420 Å². The third-order valence-electron chi connectivity index (χ3n) is 16.2. The molecule has 93 heavy (non-hydrogen) atoms. The number of aromatic nitrogens is 2. The number of quaternary nitrogens is 1. The molecular weight excluding hydrogens is 1260 g/mol. The van der Waals surface area contributed by atoms with E-state index in [9.17, 15) is 69.3 Å². The molecule has 1 aromatic heterocycles. The van der Waals surface area contributed by atoms with Crippen molar-refractivity contribution in [2.75, 3.05) is 67.6 Å². The van der Waals surface area contributed by atoms with Crippen LogP contribution in [0, 0.1) is 5.92 Å². The number of β-amino-alcohol motifs (C(OH)–C–C–N with tert-alkyl or cyclic N) is 1. The number of phenols is 1. The first-order chi connectivity index (χ1) is 44.3. The maximum atomic E-state index is 15.0. The van der Waals surface area contributed by atoms with Crippen molar-refractivity contribution in [2.45, 2.75) is 145 Å². The van der Waals surface area contributed by atoms with Crippen molar-refractivity contribution in [3.8, 4) is 38.4 Å². The second-order valence-corrected chi connectivity index (χ2v) is 25.9. The Hall–Kier alpha value is -7.18. The smallest absolute Gasteiger partial charge is 0.261 e. The molecule has 7 rings (SSSR count). The zero-order valence-corrected chi connectivity index (χ0v) is 54.1. The standard InChI is InChI=1S/C61H84N10O20S2/c1-33-31-70-51(52(33)78)57(83)62-30-39(73)28-42(63-53(79)36-13-15-37(16-14-36)58-67-68-59(92-58)38-17-19-41(20-18-38)88-25-11-9-7-8-10-24-87-6)54(80)64-48(34(2)72)60(84)69-32-40(74)29-43(69)55(81)65-49(56(82)66-50(61(70)85)45(76)22-23-71(3,4)5)46(77)26-35-12-21-44(75)47(27-35)89-93-91-90-86/h12-21,27,33-34,39-40,42-43,45-46,48-52,72-74,76-78H,7-11,22-26,28-32H2,1-6H3,(H6-,62,63,64,65,66,75,79,80,81,82,83,86)/p+1/t33-,34+,39+,40+,42+,43+,45-,46-,48+,49+,50+,51+,52+/m1/s1. The SMILES string of the molecule is COCCCCCCCOc1ccc(-c2nnc(-c3ccc(C(=O)N[C@H]4C[C@H](O)CNC(=O)[C@@H]5[C@@H](O)[C@H](C)CN5C(=O)[C@H]([C@H](O)CC[N+](C)(C)C)NC(=O)[C@H]([C@H](O)Cc5ccc(O)c(OSOOO)c5)NC(=O)[C@@H]5C[C@H](O)CN5C(=O)[C@H]([C@H](C)O)NC4=O)cc3)s2)cc1. The summed E-state index contributed by atoms with van der Waals surface area (Å²) >= 11 is 1.39. The van der Waals surface area contributed by atoms with E-state index in [0.717, 1.165) is 72.8 Å². The maximum Gasteiger partial charge on any atom is 0.261 e. The van der Waals surface area contributed by atoms with Crippen LogP contribution in [0.5, 0.6) is 17.2 Å². The molecule has 32 heteroatoms. The molecule has 3 aromatic carbocycles. The number of unbranched alkanes of at least 4 members (excludes halogenated alkanes) is 4. The van der Waals surface area contributed by atoms with Gasteiger partial charge in [0.2, 0.25) is 35.4 Å². The van der Waals surface area contributed by atoms with Crippen molar-refractivity contribution >= 4 is 65.0 Å². The number of benzene rings is 3. The van der Waals surface area contributed by atoms with Crippen LogP contribution in [0.3, 0.4) is 0 Å².